The topological polar surface area (TPSA) is 76.2 Å². The fourth-order valence-corrected chi connectivity index (χ4v) is 2.02. The Morgan fingerprint density at radius 2 is 2.41 bits per heavy atom. The van der Waals surface area contributed by atoms with E-state index in [1.165, 1.54) is 18.0 Å². The molecule has 0 unspecified atom stereocenters. The fraction of sp³-hybridized carbons (Fsp3) is 0.182. The van der Waals surface area contributed by atoms with Gasteiger partial charge in [-0.2, -0.15) is 0 Å². The van der Waals surface area contributed by atoms with Crippen molar-refractivity contribution in [3.05, 3.63) is 41.5 Å². The zero-order valence-electron chi connectivity index (χ0n) is 9.08. The van der Waals surface area contributed by atoms with Crippen molar-refractivity contribution in [2.24, 2.45) is 0 Å². The predicted octanol–water partition coefficient (Wildman–Crippen LogP) is 2.37. The van der Waals surface area contributed by atoms with Gasteiger partial charge in [0.05, 0.1) is 5.69 Å². The van der Waals surface area contributed by atoms with Gasteiger partial charge in [0.2, 0.25) is 0 Å². The van der Waals surface area contributed by atoms with E-state index in [0.717, 1.165) is 11.3 Å². The molecule has 6 heteroatoms. The first-order chi connectivity index (χ1) is 8.15. The van der Waals surface area contributed by atoms with Crippen molar-refractivity contribution in [3.63, 3.8) is 0 Å². The summed E-state index contributed by atoms with van der Waals surface area (Å²) in [5.41, 5.74) is 1.75. The maximum Gasteiger partial charge on any atom is 0.354 e. The van der Waals surface area contributed by atoms with Crippen molar-refractivity contribution < 1.29 is 14.3 Å². The van der Waals surface area contributed by atoms with Crippen molar-refractivity contribution in [3.8, 4) is 0 Å². The summed E-state index contributed by atoms with van der Waals surface area (Å²) in [6, 6.07) is 3.32. The molecule has 5 nitrogen and oxygen atoms in total. The molecule has 0 aliphatic rings. The van der Waals surface area contributed by atoms with E-state index in [0.29, 0.717) is 11.0 Å². The van der Waals surface area contributed by atoms with E-state index in [2.05, 4.69) is 9.97 Å². The molecule has 0 aromatic carbocycles. The molecule has 0 bridgehead atoms. The number of hydrogen-bond donors (Lipinski definition) is 1. The van der Waals surface area contributed by atoms with Gasteiger partial charge in [-0.3, -0.25) is 0 Å². The van der Waals surface area contributed by atoms with Crippen LogP contribution in [0.15, 0.2) is 34.2 Å². The van der Waals surface area contributed by atoms with Gasteiger partial charge in [-0.1, -0.05) is 11.8 Å². The van der Waals surface area contributed by atoms with Crippen LogP contribution in [0.1, 0.15) is 21.7 Å². The Morgan fingerprint density at radius 1 is 1.59 bits per heavy atom. The lowest BCUT2D eigenvalue weighted by Gasteiger charge is -1.99. The summed E-state index contributed by atoms with van der Waals surface area (Å²) in [6.45, 7) is 1.85. The highest BCUT2D eigenvalue weighted by Crippen LogP contribution is 2.21. The number of thioether (sulfide) groups is 1. The lowest BCUT2D eigenvalue weighted by Crippen LogP contribution is -2.00. The highest BCUT2D eigenvalue weighted by molar-refractivity contribution is 7.98. The van der Waals surface area contributed by atoms with Crippen LogP contribution in [0, 0.1) is 6.92 Å². The van der Waals surface area contributed by atoms with Crippen molar-refractivity contribution in [1.29, 1.82) is 0 Å². The van der Waals surface area contributed by atoms with E-state index < -0.39 is 5.97 Å². The number of oxazole rings is 1. The fourth-order valence-electron chi connectivity index (χ4n) is 1.22. The first kappa shape index (κ1) is 11.7. The van der Waals surface area contributed by atoms with Gasteiger partial charge in [-0.25, -0.2) is 14.8 Å². The summed E-state index contributed by atoms with van der Waals surface area (Å²) >= 11 is 1.42. The molecule has 2 aromatic rings. The van der Waals surface area contributed by atoms with Gasteiger partial charge in [0.15, 0.2) is 0 Å². The quantitative estimate of drug-likeness (QED) is 0.839. The second-order valence-corrected chi connectivity index (χ2v) is 4.32. The standard InChI is InChI=1S/C11H10N2O3S/c1-7-5-16-11(13-7)17-6-8-2-3-12-9(4-8)10(14)15/h2-5H,6H2,1H3,(H,14,15). The smallest absolute Gasteiger partial charge is 0.354 e. The largest absolute Gasteiger partial charge is 0.477 e. The van der Waals surface area contributed by atoms with Gasteiger partial charge in [0.1, 0.15) is 12.0 Å². The third-order valence-electron chi connectivity index (χ3n) is 2.00. The van der Waals surface area contributed by atoms with E-state index in [4.69, 9.17) is 9.52 Å². The second kappa shape index (κ2) is 5.01. The molecule has 2 aromatic heterocycles. The van der Waals surface area contributed by atoms with Crippen molar-refractivity contribution in [2.45, 2.75) is 17.9 Å². The molecule has 0 aliphatic carbocycles. The minimum Gasteiger partial charge on any atom is -0.477 e. The normalized spacial score (nSPS) is 10.4. The third-order valence-corrected chi connectivity index (χ3v) is 2.92. The summed E-state index contributed by atoms with van der Waals surface area (Å²) in [7, 11) is 0. The van der Waals surface area contributed by atoms with Crippen LogP contribution in [0.5, 0.6) is 0 Å². The van der Waals surface area contributed by atoms with Crippen molar-refractivity contribution in [2.75, 3.05) is 0 Å². The number of rotatable bonds is 4. The van der Waals surface area contributed by atoms with Crippen LogP contribution in [-0.4, -0.2) is 21.0 Å². The number of hydrogen-bond acceptors (Lipinski definition) is 5. The highest BCUT2D eigenvalue weighted by Gasteiger charge is 2.06. The summed E-state index contributed by atoms with van der Waals surface area (Å²) in [4.78, 5) is 18.6. The summed E-state index contributed by atoms with van der Waals surface area (Å²) in [5, 5.41) is 9.38. The molecule has 0 saturated carbocycles. The second-order valence-electron chi connectivity index (χ2n) is 3.40. The van der Waals surface area contributed by atoms with Crippen LogP contribution in [-0.2, 0) is 5.75 Å². The molecule has 2 heterocycles. The molecule has 0 fully saturated rings. The first-order valence-electron chi connectivity index (χ1n) is 4.88. The molecular formula is C11H10N2O3S. The summed E-state index contributed by atoms with van der Waals surface area (Å²) < 4.78 is 5.18. The molecular weight excluding hydrogens is 240 g/mol. The molecule has 2 rings (SSSR count). The van der Waals surface area contributed by atoms with E-state index in [1.807, 2.05) is 6.92 Å². The zero-order chi connectivity index (χ0) is 12.3. The number of aryl methyl sites for hydroxylation is 1. The van der Waals surface area contributed by atoms with Gasteiger partial charge >= 0.3 is 5.97 Å². The number of pyridine rings is 1. The summed E-state index contributed by atoms with van der Waals surface area (Å²) in [6.07, 6.45) is 3.07. The lowest BCUT2D eigenvalue weighted by molar-refractivity contribution is 0.0690. The molecule has 17 heavy (non-hydrogen) atoms. The molecule has 0 aliphatic heterocycles. The van der Waals surface area contributed by atoms with Crippen LogP contribution in [0.2, 0.25) is 0 Å². The van der Waals surface area contributed by atoms with Crippen molar-refractivity contribution in [1.82, 2.24) is 9.97 Å². The Hall–Kier alpha value is -1.82. The highest BCUT2D eigenvalue weighted by atomic mass is 32.2. The van der Waals surface area contributed by atoms with Crippen LogP contribution in [0.3, 0.4) is 0 Å². The average Bonchev–Trinajstić information content (AvgIpc) is 2.73. The SMILES string of the molecule is Cc1coc(SCc2ccnc(C(=O)O)c2)n1. The van der Waals surface area contributed by atoms with Crippen LogP contribution < -0.4 is 0 Å². The first-order valence-corrected chi connectivity index (χ1v) is 5.87. The van der Waals surface area contributed by atoms with E-state index >= 15 is 0 Å². The number of nitrogens with zero attached hydrogens (tertiary/aromatic N) is 2. The van der Waals surface area contributed by atoms with Crippen LogP contribution in [0.4, 0.5) is 0 Å². The zero-order valence-corrected chi connectivity index (χ0v) is 9.90. The number of aromatic nitrogens is 2. The Labute approximate surface area is 102 Å². The number of carbonyl (C=O) groups is 1. The molecule has 0 spiro atoms. The Bertz CT molecular complexity index is 539. The molecule has 0 atom stereocenters. The number of carboxylic acids is 1. The Morgan fingerprint density at radius 3 is 3.06 bits per heavy atom. The van der Waals surface area contributed by atoms with Crippen molar-refractivity contribution >= 4 is 17.7 Å². The molecule has 0 amide bonds. The molecule has 88 valence electrons. The van der Waals surface area contributed by atoms with Crippen LogP contribution >= 0.6 is 11.8 Å². The summed E-state index contributed by atoms with van der Waals surface area (Å²) in [5.74, 6) is -0.424. The monoisotopic (exact) mass is 250 g/mol. The van der Waals surface area contributed by atoms with Gasteiger partial charge in [0.25, 0.3) is 5.22 Å². The Balaban J connectivity index is 2.04. The van der Waals surface area contributed by atoms with Gasteiger partial charge in [0, 0.05) is 11.9 Å². The van der Waals surface area contributed by atoms with E-state index in [-0.39, 0.29) is 5.69 Å². The third kappa shape index (κ3) is 3.07. The van der Waals surface area contributed by atoms with Gasteiger partial charge in [-0.15, -0.1) is 0 Å². The molecule has 0 saturated heterocycles. The maximum atomic E-state index is 10.7. The number of aromatic carboxylic acids is 1. The lowest BCUT2D eigenvalue weighted by atomic mass is 10.2. The van der Waals surface area contributed by atoms with E-state index in [1.54, 1.807) is 18.4 Å². The maximum absolute atomic E-state index is 10.7. The van der Waals surface area contributed by atoms with Crippen LogP contribution in [0.25, 0.3) is 0 Å². The minimum absolute atomic E-state index is 0.0479. The van der Waals surface area contributed by atoms with Gasteiger partial charge < -0.3 is 9.52 Å². The van der Waals surface area contributed by atoms with E-state index in [9.17, 15) is 4.79 Å². The predicted molar refractivity (Wildman–Crippen MR) is 62.0 cm³/mol. The average molecular weight is 250 g/mol. The Kier molecular flexibility index (Phi) is 3.43. The molecule has 1 N–H and O–H groups in total. The number of carboxylic acid groups (broad SMARTS) is 1. The van der Waals surface area contributed by atoms with Gasteiger partial charge in [-0.05, 0) is 24.6 Å². The molecule has 0 radical (unpaired) electrons. The minimum atomic E-state index is -1.02.